The third-order valence-corrected chi connectivity index (χ3v) is 5.49. The first-order valence-electron chi connectivity index (χ1n) is 8.89. The highest BCUT2D eigenvalue weighted by atomic mass is 79.9. The van der Waals surface area contributed by atoms with Crippen molar-refractivity contribution in [2.45, 2.75) is 6.04 Å². The Kier molecular flexibility index (Phi) is 4.79. The van der Waals surface area contributed by atoms with Gasteiger partial charge in [-0.1, -0.05) is 60.7 Å². The fourth-order valence-electron chi connectivity index (χ4n) is 3.44. The number of Topliss-reactive ketones (excluding diaryl/α,β-unsaturated/α-hetero) is 1. The normalized spacial score (nSPS) is 12.2. The molecule has 0 amide bonds. The summed E-state index contributed by atoms with van der Waals surface area (Å²) in [5.74, 6) is -0.187. The van der Waals surface area contributed by atoms with E-state index in [1.165, 1.54) is 11.6 Å². The predicted octanol–water partition coefficient (Wildman–Crippen LogP) is 2.67. The predicted molar refractivity (Wildman–Crippen MR) is 113 cm³/mol. The SMILES string of the molecule is Cn1c(=O)c2c(nc(Br)n2C(C(=O)c2ccccc2)c2ccccc2)n(C)c1=O. The first kappa shape index (κ1) is 19.1. The molecule has 0 radical (unpaired) electrons. The number of imidazole rings is 1. The van der Waals surface area contributed by atoms with E-state index in [0.717, 1.165) is 4.57 Å². The number of halogens is 1. The van der Waals surface area contributed by atoms with Crippen molar-refractivity contribution in [1.82, 2.24) is 18.7 Å². The highest BCUT2D eigenvalue weighted by Gasteiger charge is 2.30. The van der Waals surface area contributed by atoms with Gasteiger partial charge in [0.2, 0.25) is 0 Å². The molecule has 29 heavy (non-hydrogen) atoms. The number of carbonyl (C=O) groups excluding carboxylic acids is 1. The van der Waals surface area contributed by atoms with E-state index in [1.807, 2.05) is 36.4 Å². The Morgan fingerprint density at radius 2 is 1.52 bits per heavy atom. The fraction of sp³-hybridized carbons (Fsp3) is 0.143. The van der Waals surface area contributed by atoms with E-state index in [2.05, 4.69) is 20.9 Å². The van der Waals surface area contributed by atoms with Crippen LogP contribution in [0.3, 0.4) is 0 Å². The van der Waals surface area contributed by atoms with Gasteiger partial charge >= 0.3 is 5.69 Å². The number of ketones is 1. The van der Waals surface area contributed by atoms with Crippen molar-refractivity contribution in [3.8, 4) is 0 Å². The van der Waals surface area contributed by atoms with E-state index in [-0.39, 0.29) is 16.9 Å². The number of fused-ring (bicyclic) bond motifs is 1. The monoisotopic (exact) mass is 452 g/mol. The van der Waals surface area contributed by atoms with Gasteiger partial charge in [-0.25, -0.2) is 9.78 Å². The summed E-state index contributed by atoms with van der Waals surface area (Å²) < 4.78 is 4.17. The molecule has 0 spiro atoms. The Hall–Kier alpha value is -3.26. The molecule has 0 bridgehead atoms. The minimum atomic E-state index is -0.830. The van der Waals surface area contributed by atoms with Gasteiger partial charge in [0, 0.05) is 19.7 Å². The molecule has 2 heterocycles. The van der Waals surface area contributed by atoms with E-state index < -0.39 is 17.3 Å². The quantitative estimate of drug-likeness (QED) is 0.352. The molecule has 0 aliphatic heterocycles. The van der Waals surface area contributed by atoms with Gasteiger partial charge in [-0.15, -0.1) is 0 Å². The Labute approximate surface area is 174 Å². The lowest BCUT2D eigenvalue weighted by Crippen LogP contribution is -2.38. The molecule has 0 fully saturated rings. The largest absolute Gasteiger partial charge is 0.332 e. The van der Waals surface area contributed by atoms with Gasteiger partial charge in [0.1, 0.15) is 6.04 Å². The molecule has 2 aromatic heterocycles. The van der Waals surface area contributed by atoms with Crippen molar-refractivity contribution in [3.05, 3.63) is 97.4 Å². The average molecular weight is 453 g/mol. The second-order valence-corrected chi connectivity index (χ2v) is 7.38. The van der Waals surface area contributed by atoms with Crippen LogP contribution in [0.15, 0.2) is 75.0 Å². The maximum absolute atomic E-state index is 13.5. The number of aromatic nitrogens is 4. The van der Waals surface area contributed by atoms with Crippen molar-refractivity contribution < 1.29 is 4.79 Å². The highest BCUT2D eigenvalue weighted by molar-refractivity contribution is 9.10. The van der Waals surface area contributed by atoms with Crippen LogP contribution in [0.5, 0.6) is 0 Å². The summed E-state index contributed by atoms with van der Waals surface area (Å²) in [6.45, 7) is 0. The standard InChI is InChI=1S/C21H17BrN4O3/c1-24-18-16(19(28)25(2)21(24)29)26(20(22)23-18)15(13-9-5-3-6-10-13)17(27)14-11-7-4-8-12-14/h3-12,15H,1-2H3. The van der Waals surface area contributed by atoms with Crippen LogP contribution in [0.4, 0.5) is 0 Å². The lowest BCUT2D eigenvalue weighted by Gasteiger charge is -2.20. The smallest absolute Gasteiger partial charge is 0.297 e. The van der Waals surface area contributed by atoms with Crippen molar-refractivity contribution in [2.24, 2.45) is 14.1 Å². The number of aryl methyl sites for hydroxylation is 1. The molecule has 146 valence electrons. The maximum atomic E-state index is 13.5. The van der Waals surface area contributed by atoms with E-state index in [0.29, 0.717) is 15.9 Å². The zero-order valence-corrected chi connectivity index (χ0v) is 17.3. The highest BCUT2D eigenvalue weighted by Crippen LogP contribution is 2.30. The van der Waals surface area contributed by atoms with E-state index >= 15 is 0 Å². The lowest BCUT2D eigenvalue weighted by molar-refractivity contribution is 0.0946. The zero-order valence-electron chi connectivity index (χ0n) is 15.7. The van der Waals surface area contributed by atoms with Crippen LogP contribution >= 0.6 is 15.9 Å². The van der Waals surface area contributed by atoms with Crippen LogP contribution in [-0.2, 0) is 14.1 Å². The Morgan fingerprint density at radius 3 is 2.14 bits per heavy atom. The summed E-state index contributed by atoms with van der Waals surface area (Å²) in [6.07, 6.45) is 0. The van der Waals surface area contributed by atoms with E-state index in [4.69, 9.17) is 0 Å². The fourth-order valence-corrected chi connectivity index (χ4v) is 3.99. The topological polar surface area (TPSA) is 78.9 Å². The summed E-state index contributed by atoms with van der Waals surface area (Å²) in [5.41, 5.74) is 0.619. The van der Waals surface area contributed by atoms with Crippen LogP contribution < -0.4 is 11.2 Å². The van der Waals surface area contributed by atoms with Gasteiger partial charge in [-0.3, -0.25) is 23.3 Å². The van der Waals surface area contributed by atoms with Crippen molar-refractivity contribution >= 4 is 32.9 Å². The lowest BCUT2D eigenvalue weighted by atomic mass is 9.97. The number of carbonyl (C=O) groups is 1. The van der Waals surface area contributed by atoms with Gasteiger partial charge in [-0.05, 0) is 21.5 Å². The van der Waals surface area contributed by atoms with Crippen molar-refractivity contribution in [2.75, 3.05) is 0 Å². The molecule has 4 aromatic rings. The minimum Gasteiger partial charge on any atom is -0.297 e. The van der Waals surface area contributed by atoms with Crippen LogP contribution in [0.25, 0.3) is 11.2 Å². The molecule has 2 aromatic carbocycles. The maximum Gasteiger partial charge on any atom is 0.332 e. The molecular formula is C21H17BrN4O3. The summed E-state index contributed by atoms with van der Waals surface area (Å²) in [5, 5.41) is 0. The summed E-state index contributed by atoms with van der Waals surface area (Å²) in [6, 6.07) is 17.2. The van der Waals surface area contributed by atoms with Crippen LogP contribution in [0, 0.1) is 0 Å². The molecule has 7 nitrogen and oxygen atoms in total. The number of benzene rings is 2. The first-order chi connectivity index (χ1) is 13.9. The van der Waals surface area contributed by atoms with Crippen LogP contribution in [-0.4, -0.2) is 24.5 Å². The van der Waals surface area contributed by atoms with Gasteiger partial charge in [0.05, 0.1) is 0 Å². The van der Waals surface area contributed by atoms with Gasteiger partial charge in [-0.2, -0.15) is 0 Å². The number of rotatable bonds is 4. The first-order valence-corrected chi connectivity index (χ1v) is 9.68. The van der Waals surface area contributed by atoms with Gasteiger partial charge in [0.15, 0.2) is 21.7 Å². The second kappa shape index (κ2) is 7.29. The van der Waals surface area contributed by atoms with Crippen LogP contribution in [0.2, 0.25) is 0 Å². The van der Waals surface area contributed by atoms with E-state index in [1.54, 1.807) is 35.9 Å². The molecule has 4 rings (SSSR count). The Balaban J connectivity index is 2.08. The second-order valence-electron chi connectivity index (χ2n) is 6.67. The van der Waals surface area contributed by atoms with E-state index in [9.17, 15) is 14.4 Å². The Bertz CT molecular complexity index is 1340. The molecule has 0 saturated heterocycles. The zero-order chi connectivity index (χ0) is 20.7. The Morgan fingerprint density at radius 1 is 0.931 bits per heavy atom. The minimum absolute atomic E-state index is 0.180. The van der Waals surface area contributed by atoms with Gasteiger partial charge < -0.3 is 0 Å². The molecule has 1 atom stereocenters. The summed E-state index contributed by atoms with van der Waals surface area (Å²) >= 11 is 3.40. The molecule has 0 N–H and O–H groups in total. The summed E-state index contributed by atoms with van der Waals surface area (Å²) in [4.78, 5) is 43.2. The molecule has 1 unspecified atom stereocenters. The molecule has 8 heteroatoms. The van der Waals surface area contributed by atoms with Crippen LogP contribution in [0.1, 0.15) is 22.0 Å². The van der Waals surface area contributed by atoms with Crippen molar-refractivity contribution in [3.63, 3.8) is 0 Å². The summed E-state index contributed by atoms with van der Waals surface area (Å²) in [7, 11) is 2.95. The number of nitrogens with zero attached hydrogens (tertiary/aromatic N) is 4. The van der Waals surface area contributed by atoms with Gasteiger partial charge in [0.25, 0.3) is 5.56 Å². The molecule has 0 aliphatic carbocycles. The molecular weight excluding hydrogens is 436 g/mol. The third-order valence-electron chi connectivity index (χ3n) is 4.93. The third kappa shape index (κ3) is 3.05. The number of hydrogen-bond donors (Lipinski definition) is 0. The average Bonchev–Trinajstić information content (AvgIpc) is 3.09. The van der Waals surface area contributed by atoms with Crippen molar-refractivity contribution in [1.29, 1.82) is 0 Å². The number of hydrogen-bond acceptors (Lipinski definition) is 4. The molecule has 0 aliphatic rings. The molecule has 0 saturated carbocycles.